The maximum absolute atomic E-state index is 13.6. The number of aromatic nitrogens is 7. The van der Waals surface area contributed by atoms with E-state index in [1.165, 1.54) is 25.1 Å². The molecule has 1 aliphatic rings. The van der Waals surface area contributed by atoms with Crippen LogP contribution in [0, 0.1) is 5.41 Å². The molecule has 194 valence electrons. The summed E-state index contributed by atoms with van der Waals surface area (Å²) in [5.41, 5.74) is 4.79. The standard InChI is InChI=1S/C27H28N8O3/c1-27(2)11-16-10-21-26(38)35(8-7-34(21)22(16)12-27)24-19(15-36)18(5-6-28-24)17-9-20(25(37)32(3)13-17)29-23-14-33(4)31-30-23/h5-10,13-14,29,36H,11-12,15H2,1-4H3. The summed E-state index contributed by atoms with van der Waals surface area (Å²) in [6.45, 7) is 4.12. The summed E-state index contributed by atoms with van der Waals surface area (Å²) in [7, 11) is 3.39. The fourth-order valence-corrected chi connectivity index (χ4v) is 5.43. The molecule has 38 heavy (non-hydrogen) atoms. The zero-order chi connectivity index (χ0) is 26.8. The molecule has 11 nitrogen and oxygen atoms in total. The first-order valence-electron chi connectivity index (χ1n) is 12.3. The molecular weight excluding hydrogens is 484 g/mol. The second-order valence-corrected chi connectivity index (χ2v) is 10.6. The van der Waals surface area contributed by atoms with Crippen molar-refractivity contribution >= 4 is 17.0 Å². The van der Waals surface area contributed by atoms with Crippen LogP contribution in [0.4, 0.5) is 11.5 Å². The summed E-state index contributed by atoms with van der Waals surface area (Å²) < 4.78 is 6.44. The lowest BCUT2D eigenvalue weighted by atomic mass is 9.90. The minimum Gasteiger partial charge on any atom is -0.392 e. The van der Waals surface area contributed by atoms with Gasteiger partial charge in [-0.15, -0.1) is 5.10 Å². The first-order valence-corrected chi connectivity index (χ1v) is 12.3. The van der Waals surface area contributed by atoms with Gasteiger partial charge in [-0.3, -0.25) is 18.8 Å². The third-order valence-electron chi connectivity index (χ3n) is 7.13. The van der Waals surface area contributed by atoms with Gasteiger partial charge in [0.1, 0.15) is 17.0 Å². The lowest BCUT2D eigenvalue weighted by Crippen LogP contribution is -2.23. The Balaban J connectivity index is 1.47. The second-order valence-electron chi connectivity index (χ2n) is 10.6. The van der Waals surface area contributed by atoms with Gasteiger partial charge in [-0.05, 0) is 47.6 Å². The minimum atomic E-state index is -0.350. The van der Waals surface area contributed by atoms with Gasteiger partial charge in [0.25, 0.3) is 11.1 Å². The highest BCUT2D eigenvalue weighted by atomic mass is 16.3. The van der Waals surface area contributed by atoms with E-state index in [9.17, 15) is 14.7 Å². The fraction of sp³-hybridized carbons (Fsp3) is 0.296. The molecule has 0 atom stereocenters. The van der Waals surface area contributed by atoms with Crippen LogP contribution in [0.15, 0.2) is 58.8 Å². The van der Waals surface area contributed by atoms with Crippen LogP contribution >= 0.6 is 0 Å². The van der Waals surface area contributed by atoms with E-state index in [-0.39, 0.29) is 23.1 Å². The van der Waals surface area contributed by atoms with Crippen molar-refractivity contribution in [2.24, 2.45) is 19.5 Å². The summed E-state index contributed by atoms with van der Waals surface area (Å²) >= 11 is 0. The number of rotatable bonds is 5. The van der Waals surface area contributed by atoms with Gasteiger partial charge in [0.15, 0.2) is 5.82 Å². The number of nitrogens with one attached hydrogen (secondary N) is 1. The van der Waals surface area contributed by atoms with Crippen LogP contribution in [0.5, 0.6) is 0 Å². The molecule has 6 rings (SSSR count). The van der Waals surface area contributed by atoms with Crippen LogP contribution in [0.3, 0.4) is 0 Å². The number of fused-ring (bicyclic) bond motifs is 3. The molecule has 0 bridgehead atoms. The highest BCUT2D eigenvalue weighted by Gasteiger charge is 2.31. The number of aryl methyl sites for hydroxylation is 2. The van der Waals surface area contributed by atoms with Crippen molar-refractivity contribution in [3.63, 3.8) is 0 Å². The summed E-state index contributed by atoms with van der Waals surface area (Å²) in [6, 6.07) is 5.43. The van der Waals surface area contributed by atoms with Crippen LogP contribution in [-0.4, -0.2) is 38.6 Å². The first-order chi connectivity index (χ1) is 18.1. The number of anilines is 2. The van der Waals surface area contributed by atoms with E-state index in [4.69, 9.17) is 0 Å². The van der Waals surface area contributed by atoms with E-state index < -0.39 is 0 Å². The van der Waals surface area contributed by atoms with E-state index in [2.05, 4.69) is 34.5 Å². The Hall–Kier alpha value is -4.51. The van der Waals surface area contributed by atoms with Crippen molar-refractivity contribution < 1.29 is 5.11 Å². The molecule has 1 aliphatic carbocycles. The Morgan fingerprint density at radius 3 is 2.63 bits per heavy atom. The fourth-order valence-electron chi connectivity index (χ4n) is 5.43. The van der Waals surface area contributed by atoms with Crippen molar-refractivity contribution in [1.82, 2.24) is 33.5 Å². The van der Waals surface area contributed by atoms with Gasteiger partial charge in [-0.1, -0.05) is 19.1 Å². The number of aliphatic hydroxyl groups is 1. The molecule has 2 N–H and O–H groups in total. The largest absolute Gasteiger partial charge is 0.392 e. The van der Waals surface area contributed by atoms with Gasteiger partial charge in [-0.2, -0.15) is 0 Å². The molecule has 5 heterocycles. The summed E-state index contributed by atoms with van der Waals surface area (Å²) in [5.74, 6) is 0.776. The number of pyridine rings is 2. The van der Waals surface area contributed by atoms with Crippen molar-refractivity contribution in [3.05, 3.63) is 86.7 Å². The molecule has 0 unspecified atom stereocenters. The summed E-state index contributed by atoms with van der Waals surface area (Å²) in [5, 5.41) is 21.3. The maximum atomic E-state index is 13.6. The minimum absolute atomic E-state index is 0.178. The Bertz CT molecular complexity index is 1840. The van der Waals surface area contributed by atoms with Crippen LogP contribution in [0.2, 0.25) is 0 Å². The molecule has 0 aliphatic heterocycles. The number of nitrogens with zero attached hydrogens (tertiary/aromatic N) is 7. The van der Waals surface area contributed by atoms with E-state index in [1.807, 2.05) is 16.7 Å². The van der Waals surface area contributed by atoms with Gasteiger partial charge >= 0.3 is 0 Å². The van der Waals surface area contributed by atoms with Gasteiger partial charge in [-0.25, -0.2) is 4.98 Å². The lowest BCUT2D eigenvalue weighted by Gasteiger charge is -2.17. The van der Waals surface area contributed by atoms with Crippen molar-refractivity contribution in [1.29, 1.82) is 0 Å². The highest BCUT2D eigenvalue weighted by Crippen LogP contribution is 2.37. The molecule has 5 aromatic rings. The molecule has 0 aromatic carbocycles. The van der Waals surface area contributed by atoms with E-state index in [0.717, 1.165) is 12.8 Å². The summed E-state index contributed by atoms with van der Waals surface area (Å²) in [4.78, 5) is 30.9. The van der Waals surface area contributed by atoms with Crippen molar-refractivity contribution in [2.75, 3.05) is 5.32 Å². The van der Waals surface area contributed by atoms with Gasteiger partial charge < -0.3 is 19.4 Å². The van der Waals surface area contributed by atoms with Gasteiger partial charge in [0.2, 0.25) is 0 Å². The topological polar surface area (TPSA) is 124 Å². The Morgan fingerprint density at radius 2 is 1.89 bits per heavy atom. The first kappa shape index (κ1) is 23.9. The normalized spacial score (nSPS) is 14.2. The Labute approximate surface area is 217 Å². The van der Waals surface area contributed by atoms with Crippen LogP contribution in [0.1, 0.15) is 30.7 Å². The van der Waals surface area contributed by atoms with Crippen LogP contribution in [0.25, 0.3) is 22.5 Å². The SMILES string of the molecule is Cn1cc(Nc2cc(-c3ccnc(-n4ccn5c6c(cc5c4=O)CC(C)(C)C6)c3CO)cn(C)c2=O)nn1. The monoisotopic (exact) mass is 512 g/mol. The molecule has 0 spiro atoms. The highest BCUT2D eigenvalue weighted by molar-refractivity contribution is 5.73. The van der Waals surface area contributed by atoms with Crippen molar-refractivity contribution in [2.45, 2.75) is 33.3 Å². The Kier molecular flexibility index (Phi) is 5.35. The number of aliphatic hydroxyl groups excluding tert-OH is 1. The molecule has 5 aromatic heterocycles. The van der Waals surface area contributed by atoms with Crippen LogP contribution in [-0.2, 0) is 33.5 Å². The average Bonchev–Trinajstić information content (AvgIpc) is 3.53. The van der Waals surface area contributed by atoms with Gasteiger partial charge in [0, 0.05) is 55.7 Å². The van der Waals surface area contributed by atoms with E-state index >= 15 is 0 Å². The van der Waals surface area contributed by atoms with E-state index in [1.54, 1.807) is 51.0 Å². The second kappa shape index (κ2) is 8.52. The zero-order valence-electron chi connectivity index (χ0n) is 21.6. The third kappa shape index (κ3) is 3.82. The quantitative estimate of drug-likeness (QED) is 0.370. The predicted octanol–water partition coefficient (Wildman–Crippen LogP) is 2.34. The molecule has 0 fully saturated rings. The molecule has 0 saturated heterocycles. The molecular formula is C27H28N8O3. The Morgan fingerprint density at radius 1 is 1.08 bits per heavy atom. The lowest BCUT2D eigenvalue weighted by molar-refractivity contribution is 0.281. The molecule has 0 saturated carbocycles. The van der Waals surface area contributed by atoms with Gasteiger partial charge in [0.05, 0.1) is 12.8 Å². The third-order valence-corrected chi connectivity index (χ3v) is 7.13. The smallest absolute Gasteiger partial charge is 0.280 e. The molecule has 0 amide bonds. The maximum Gasteiger partial charge on any atom is 0.280 e. The zero-order valence-corrected chi connectivity index (χ0v) is 21.6. The number of hydrogen-bond donors (Lipinski definition) is 2. The predicted molar refractivity (Wildman–Crippen MR) is 143 cm³/mol. The molecule has 11 heteroatoms. The average molecular weight is 513 g/mol. The molecule has 0 radical (unpaired) electrons. The summed E-state index contributed by atoms with van der Waals surface area (Å²) in [6.07, 6.45) is 10.4. The van der Waals surface area contributed by atoms with Crippen LogP contribution < -0.4 is 16.4 Å². The van der Waals surface area contributed by atoms with Crippen molar-refractivity contribution in [3.8, 4) is 16.9 Å². The number of hydrogen-bond acceptors (Lipinski definition) is 7. The van der Waals surface area contributed by atoms with E-state index in [0.29, 0.717) is 39.5 Å².